The number of hydrogen-bond donors (Lipinski definition) is 2. The highest BCUT2D eigenvalue weighted by Crippen LogP contribution is 2.19. The van der Waals surface area contributed by atoms with Gasteiger partial charge in [-0.1, -0.05) is 24.3 Å². The number of carbonyl (C=O) groups excluding carboxylic acids is 1. The van der Waals surface area contributed by atoms with Crippen LogP contribution in [-0.2, 0) is 21.2 Å². The number of hydrogen-bond acceptors (Lipinski definition) is 4. The third-order valence-corrected chi connectivity index (χ3v) is 5.58. The maximum atomic E-state index is 12.1. The number of nitrogens with one attached hydrogen (secondary N) is 1. The minimum atomic E-state index is -3.47. The van der Waals surface area contributed by atoms with Gasteiger partial charge in [-0.2, -0.15) is 0 Å². The van der Waals surface area contributed by atoms with E-state index in [4.69, 9.17) is 5.73 Å². The average Bonchev–Trinajstić information content (AvgIpc) is 2.37. The highest BCUT2D eigenvalue weighted by Gasteiger charge is 2.38. The molecule has 3 N–H and O–H groups in total. The van der Waals surface area contributed by atoms with Gasteiger partial charge in [0.2, 0.25) is 5.91 Å². The second kappa shape index (κ2) is 5.93. The van der Waals surface area contributed by atoms with Crippen LogP contribution in [0.15, 0.2) is 24.3 Å². The molecule has 0 aliphatic heterocycles. The van der Waals surface area contributed by atoms with E-state index in [9.17, 15) is 13.2 Å². The Morgan fingerprint density at radius 2 is 1.80 bits per heavy atom. The molecule has 112 valence electrons. The summed E-state index contributed by atoms with van der Waals surface area (Å²) in [7, 11) is -3.47. The van der Waals surface area contributed by atoms with Gasteiger partial charge in [0.25, 0.3) is 0 Å². The van der Waals surface area contributed by atoms with Gasteiger partial charge in [0.15, 0.2) is 9.84 Å². The summed E-state index contributed by atoms with van der Waals surface area (Å²) in [5, 5.41) is 2.73. The molecule has 1 atom stereocenters. The number of rotatable bonds is 5. The lowest BCUT2D eigenvalue weighted by atomic mass is 10.0. The molecule has 0 fully saturated rings. The first kappa shape index (κ1) is 16.7. The molecule has 0 radical (unpaired) electrons. The number of nitrogens with two attached hydrogens (primary N) is 1. The van der Waals surface area contributed by atoms with Gasteiger partial charge < -0.3 is 11.1 Å². The third-order valence-electron chi connectivity index (χ3n) is 3.54. The Hall–Kier alpha value is -1.40. The maximum absolute atomic E-state index is 12.1. The van der Waals surface area contributed by atoms with E-state index in [1.165, 1.54) is 13.8 Å². The fraction of sp³-hybridized carbons (Fsp3) is 0.500. The first-order valence-corrected chi connectivity index (χ1v) is 8.28. The highest BCUT2D eigenvalue weighted by molar-refractivity contribution is 7.92. The SMILES string of the molecule is CC(NC(=O)C(C)(C)S(C)(=O)=O)c1ccc(CN)cc1. The van der Waals surface area contributed by atoms with Crippen LogP contribution in [0, 0.1) is 0 Å². The molecule has 0 aromatic heterocycles. The van der Waals surface area contributed by atoms with Crippen LogP contribution in [0.25, 0.3) is 0 Å². The Kier molecular flexibility index (Phi) is 4.94. The van der Waals surface area contributed by atoms with Crippen LogP contribution in [0.5, 0.6) is 0 Å². The first-order valence-electron chi connectivity index (χ1n) is 6.39. The van der Waals surface area contributed by atoms with Crippen LogP contribution in [-0.4, -0.2) is 25.3 Å². The fourth-order valence-corrected chi connectivity index (χ4v) is 1.96. The molecule has 1 aromatic rings. The first-order chi connectivity index (χ1) is 9.09. The van der Waals surface area contributed by atoms with E-state index < -0.39 is 20.5 Å². The van der Waals surface area contributed by atoms with E-state index in [1.807, 2.05) is 31.2 Å². The van der Waals surface area contributed by atoms with Gasteiger partial charge in [-0.05, 0) is 31.9 Å². The average molecular weight is 298 g/mol. The largest absolute Gasteiger partial charge is 0.348 e. The second-order valence-corrected chi connectivity index (χ2v) is 7.99. The minimum Gasteiger partial charge on any atom is -0.348 e. The molecule has 1 rings (SSSR count). The standard InChI is InChI=1S/C14H22N2O3S/c1-10(12-7-5-11(9-15)6-8-12)16-13(17)14(2,3)20(4,18)19/h5-8,10H,9,15H2,1-4H3,(H,16,17). The molecule has 1 amide bonds. The van der Waals surface area contributed by atoms with Crippen LogP contribution >= 0.6 is 0 Å². The summed E-state index contributed by atoms with van der Waals surface area (Å²) in [5.41, 5.74) is 7.43. The Morgan fingerprint density at radius 1 is 1.30 bits per heavy atom. The summed E-state index contributed by atoms with van der Waals surface area (Å²) in [6.45, 7) is 5.08. The van der Waals surface area contributed by atoms with Crippen molar-refractivity contribution in [1.82, 2.24) is 5.32 Å². The van der Waals surface area contributed by atoms with Crippen LogP contribution < -0.4 is 11.1 Å². The maximum Gasteiger partial charge on any atom is 0.241 e. The van der Waals surface area contributed by atoms with Gasteiger partial charge in [-0.25, -0.2) is 8.42 Å². The van der Waals surface area contributed by atoms with E-state index in [1.54, 1.807) is 0 Å². The van der Waals surface area contributed by atoms with Crippen LogP contribution in [0.2, 0.25) is 0 Å². The lowest BCUT2D eigenvalue weighted by molar-refractivity contribution is -0.123. The zero-order valence-corrected chi connectivity index (χ0v) is 13.1. The van der Waals surface area contributed by atoms with E-state index in [-0.39, 0.29) is 6.04 Å². The number of carbonyl (C=O) groups is 1. The lowest BCUT2D eigenvalue weighted by Crippen LogP contribution is -2.48. The number of benzene rings is 1. The Bertz CT molecular complexity index is 577. The summed E-state index contributed by atoms with van der Waals surface area (Å²) >= 11 is 0. The fourth-order valence-electron chi connectivity index (χ4n) is 1.56. The third kappa shape index (κ3) is 3.58. The van der Waals surface area contributed by atoms with Crippen LogP contribution in [0.4, 0.5) is 0 Å². The smallest absolute Gasteiger partial charge is 0.241 e. The molecule has 0 aliphatic carbocycles. The van der Waals surface area contributed by atoms with Crippen molar-refractivity contribution in [3.05, 3.63) is 35.4 Å². The summed E-state index contributed by atoms with van der Waals surface area (Å²) in [4.78, 5) is 12.1. The lowest BCUT2D eigenvalue weighted by Gasteiger charge is -2.24. The summed E-state index contributed by atoms with van der Waals surface area (Å²) in [6.07, 6.45) is 1.06. The molecule has 0 aliphatic rings. The highest BCUT2D eigenvalue weighted by atomic mass is 32.2. The van der Waals surface area contributed by atoms with Crippen molar-refractivity contribution in [3.63, 3.8) is 0 Å². The molecule has 0 spiro atoms. The quantitative estimate of drug-likeness (QED) is 0.853. The molecule has 0 heterocycles. The van der Waals surface area contributed by atoms with Crippen LogP contribution in [0.3, 0.4) is 0 Å². The topological polar surface area (TPSA) is 89.3 Å². The zero-order chi connectivity index (χ0) is 15.6. The minimum absolute atomic E-state index is 0.268. The van der Waals surface area contributed by atoms with Crippen molar-refractivity contribution in [2.45, 2.75) is 38.1 Å². The molecule has 0 bridgehead atoms. The molecule has 1 aromatic carbocycles. The van der Waals surface area contributed by atoms with Crippen molar-refractivity contribution in [1.29, 1.82) is 0 Å². The predicted octanol–water partition coefficient (Wildman–Crippen LogP) is 1.15. The van der Waals surface area contributed by atoms with E-state index in [0.717, 1.165) is 17.4 Å². The number of amides is 1. The van der Waals surface area contributed by atoms with Crippen molar-refractivity contribution in [2.75, 3.05) is 6.26 Å². The van der Waals surface area contributed by atoms with Gasteiger partial charge in [0, 0.05) is 12.8 Å². The monoisotopic (exact) mass is 298 g/mol. The van der Waals surface area contributed by atoms with E-state index in [2.05, 4.69) is 5.32 Å². The second-order valence-electron chi connectivity index (χ2n) is 5.42. The molecule has 6 heteroatoms. The van der Waals surface area contributed by atoms with Crippen molar-refractivity contribution < 1.29 is 13.2 Å². The summed E-state index contributed by atoms with van der Waals surface area (Å²) < 4.78 is 21.8. The normalized spacial score (nSPS) is 13.8. The predicted molar refractivity (Wildman–Crippen MR) is 79.8 cm³/mol. The van der Waals surface area contributed by atoms with Gasteiger partial charge in [-0.3, -0.25) is 4.79 Å². The molecule has 5 nitrogen and oxygen atoms in total. The van der Waals surface area contributed by atoms with Crippen molar-refractivity contribution in [3.8, 4) is 0 Å². The van der Waals surface area contributed by atoms with Gasteiger partial charge in [-0.15, -0.1) is 0 Å². The van der Waals surface area contributed by atoms with Gasteiger partial charge in [0.05, 0.1) is 6.04 Å². The Balaban J connectivity index is 2.85. The van der Waals surface area contributed by atoms with Crippen molar-refractivity contribution in [2.24, 2.45) is 5.73 Å². The molecule has 0 saturated carbocycles. The Morgan fingerprint density at radius 3 is 2.20 bits per heavy atom. The number of sulfone groups is 1. The van der Waals surface area contributed by atoms with E-state index in [0.29, 0.717) is 6.54 Å². The van der Waals surface area contributed by atoms with Crippen molar-refractivity contribution >= 4 is 15.7 Å². The molecule has 0 saturated heterocycles. The molecular formula is C14H22N2O3S. The summed E-state index contributed by atoms with van der Waals surface area (Å²) in [5.74, 6) is -0.504. The Labute approximate surface area is 120 Å². The molecular weight excluding hydrogens is 276 g/mol. The van der Waals surface area contributed by atoms with Gasteiger partial charge in [0.1, 0.15) is 4.75 Å². The van der Waals surface area contributed by atoms with Crippen LogP contribution in [0.1, 0.15) is 37.9 Å². The molecule has 1 unspecified atom stereocenters. The zero-order valence-electron chi connectivity index (χ0n) is 12.3. The van der Waals surface area contributed by atoms with Gasteiger partial charge >= 0.3 is 0 Å². The molecule has 20 heavy (non-hydrogen) atoms. The van der Waals surface area contributed by atoms with E-state index >= 15 is 0 Å². The summed E-state index contributed by atoms with van der Waals surface area (Å²) in [6, 6.07) is 7.26.